The van der Waals surface area contributed by atoms with Crippen LogP contribution >= 0.6 is 23.1 Å². The van der Waals surface area contributed by atoms with E-state index >= 15 is 0 Å². The van der Waals surface area contributed by atoms with E-state index in [0.717, 1.165) is 56.8 Å². The van der Waals surface area contributed by atoms with E-state index in [-0.39, 0.29) is 24.0 Å². The smallest absolute Gasteiger partial charge is 0.226 e. The van der Waals surface area contributed by atoms with Gasteiger partial charge in [0.05, 0.1) is 35.0 Å². The lowest BCUT2D eigenvalue weighted by atomic mass is 9.86. The molecule has 0 saturated carbocycles. The van der Waals surface area contributed by atoms with Crippen LogP contribution in [0.3, 0.4) is 0 Å². The number of fused-ring (bicyclic) bond motifs is 4. The third kappa shape index (κ3) is 4.17. The third-order valence-electron chi connectivity index (χ3n) is 6.94. The lowest BCUT2D eigenvalue weighted by molar-refractivity contribution is -0.147. The molecule has 1 amide bonds. The molecule has 1 fully saturated rings. The van der Waals surface area contributed by atoms with Crippen LogP contribution in [0.25, 0.3) is 21.1 Å². The fraction of sp³-hybridized carbons (Fsp3) is 0.440. The van der Waals surface area contributed by atoms with Gasteiger partial charge in [-0.2, -0.15) is 5.10 Å². The molecular formula is C25H28N6O2S2. The second-order valence-electron chi connectivity index (χ2n) is 9.48. The standard InChI is InChI=1S/C25H28N6O2S2/c1-13-10-31(11-14(2)33-13)25(32)15-4-5-17-20(7-15)35-24-22(17)23(26-12-27-24)29-19-6-16-9-28-30-18(16)8-21(19)34-3/h6,8-9,12-15H,4-5,7,10-11H2,1-3H3,(H,28,30)(H,26,27,29). The Bertz CT molecular complexity index is 1410. The highest BCUT2D eigenvalue weighted by Crippen LogP contribution is 2.42. The highest BCUT2D eigenvalue weighted by molar-refractivity contribution is 7.98. The van der Waals surface area contributed by atoms with Gasteiger partial charge >= 0.3 is 0 Å². The average Bonchev–Trinajstić information content (AvgIpc) is 3.46. The maximum absolute atomic E-state index is 13.4. The number of carbonyl (C=O) groups excluding carboxylic acids is 1. The van der Waals surface area contributed by atoms with Gasteiger partial charge in [-0.05, 0) is 57.1 Å². The number of anilines is 2. The van der Waals surface area contributed by atoms with E-state index in [4.69, 9.17) is 4.74 Å². The van der Waals surface area contributed by atoms with Crippen molar-refractivity contribution in [3.8, 4) is 0 Å². The van der Waals surface area contributed by atoms with E-state index in [1.807, 2.05) is 24.9 Å². The summed E-state index contributed by atoms with van der Waals surface area (Å²) in [6.45, 7) is 5.44. The molecule has 182 valence electrons. The van der Waals surface area contributed by atoms with E-state index in [1.54, 1.807) is 29.4 Å². The Morgan fingerprint density at radius 2 is 2.09 bits per heavy atom. The van der Waals surface area contributed by atoms with Crippen LogP contribution < -0.4 is 5.32 Å². The Labute approximate surface area is 211 Å². The molecular weight excluding hydrogens is 480 g/mol. The number of aryl methyl sites for hydroxylation is 1. The predicted molar refractivity (Wildman–Crippen MR) is 141 cm³/mol. The molecule has 1 aromatic carbocycles. The van der Waals surface area contributed by atoms with Gasteiger partial charge in [0.25, 0.3) is 0 Å². The number of thiophene rings is 1. The van der Waals surface area contributed by atoms with Crippen molar-refractivity contribution in [2.45, 2.75) is 50.2 Å². The molecule has 2 N–H and O–H groups in total. The van der Waals surface area contributed by atoms with Crippen LogP contribution in [0.15, 0.2) is 29.6 Å². The van der Waals surface area contributed by atoms with Crippen LogP contribution in [0.1, 0.15) is 30.7 Å². The van der Waals surface area contributed by atoms with E-state index in [2.05, 4.69) is 43.9 Å². The van der Waals surface area contributed by atoms with Gasteiger partial charge in [0.2, 0.25) is 5.91 Å². The van der Waals surface area contributed by atoms with Gasteiger partial charge in [0, 0.05) is 34.2 Å². The molecule has 0 bridgehead atoms. The molecule has 4 heterocycles. The van der Waals surface area contributed by atoms with Gasteiger partial charge in [0.1, 0.15) is 17.0 Å². The summed E-state index contributed by atoms with van der Waals surface area (Å²) >= 11 is 3.38. The van der Waals surface area contributed by atoms with Gasteiger partial charge in [-0.3, -0.25) is 9.89 Å². The van der Waals surface area contributed by atoms with Crippen molar-refractivity contribution >= 4 is 61.6 Å². The number of ether oxygens (including phenoxy) is 1. The zero-order chi connectivity index (χ0) is 24.1. The quantitative estimate of drug-likeness (QED) is 0.383. The second kappa shape index (κ2) is 9.07. The number of aromatic nitrogens is 4. The summed E-state index contributed by atoms with van der Waals surface area (Å²) in [6.07, 6.45) is 8.18. The van der Waals surface area contributed by atoms with Gasteiger partial charge in [-0.1, -0.05) is 0 Å². The van der Waals surface area contributed by atoms with Crippen molar-refractivity contribution in [2.24, 2.45) is 5.92 Å². The summed E-state index contributed by atoms with van der Waals surface area (Å²) in [5, 5.41) is 12.9. The minimum absolute atomic E-state index is 0.0176. The SMILES string of the molecule is CSc1cc2[nH]ncc2cc1Nc1ncnc2sc3c(c12)CCC(C(=O)N1CC(C)OC(C)C1)C3. The Hall–Kier alpha value is -2.69. The summed E-state index contributed by atoms with van der Waals surface area (Å²) in [6, 6.07) is 4.22. The fourth-order valence-corrected chi connectivity index (χ4v) is 7.23. The Morgan fingerprint density at radius 1 is 1.26 bits per heavy atom. The minimum atomic E-state index is 0.0176. The van der Waals surface area contributed by atoms with Gasteiger partial charge < -0.3 is 15.0 Å². The first-order chi connectivity index (χ1) is 17.0. The lowest BCUT2D eigenvalue weighted by Crippen LogP contribution is -2.50. The second-order valence-corrected chi connectivity index (χ2v) is 11.4. The molecule has 3 aromatic heterocycles. The van der Waals surface area contributed by atoms with E-state index in [1.165, 1.54) is 10.4 Å². The maximum Gasteiger partial charge on any atom is 0.226 e. The summed E-state index contributed by atoms with van der Waals surface area (Å²) < 4.78 is 5.83. The van der Waals surface area contributed by atoms with Crippen molar-refractivity contribution in [1.82, 2.24) is 25.1 Å². The fourth-order valence-electron chi connectivity index (χ4n) is 5.40. The van der Waals surface area contributed by atoms with Gasteiger partial charge in [-0.15, -0.1) is 23.1 Å². The molecule has 3 unspecified atom stereocenters. The number of nitrogens with one attached hydrogen (secondary N) is 2. The van der Waals surface area contributed by atoms with E-state index < -0.39 is 0 Å². The lowest BCUT2D eigenvalue weighted by Gasteiger charge is -2.37. The number of benzene rings is 1. The summed E-state index contributed by atoms with van der Waals surface area (Å²) in [4.78, 5) is 27.9. The number of rotatable bonds is 4. The molecule has 8 nitrogen and oxygen atoms in total. The number of amides is 1. The van der Waals surface area contributed by atoms with Crippen molar-refractivity contribution in [2.75, 3.05) is 24.7 Å². The number of carbonyl (C=O) groups is 1. The number of thioether (sulfide) groups is 1. The molecule has 10 heteroatoms. The number of hydrogen-bond donors (Lipinski definition) is 2. The van der Waals surface area contributed by atoms with Gasteiger partial charge in [0.15, 0.2) is 0 Å². The summed E-state index contributed by atoms with van der Waals surface area (Å²) in [5.41, 5.74) is 3.31. The molecule has 6 rings (SSSR count). The first-order valence-electron chi connectivity index (χ1n) is 12.0. The van der Waals surface area contributed by atoms with Crippen molar-refractivity contribution < 1.29 is 9.53 Å². The number of morpholine rings is 1. The van der Waals surface area contributed by atoms with E-state index in [9.17, 15) is 4.79 Å². The Balaban J connectivity index is 1.30. The normalized spacial score (nSPS) is 22.5. The zero-order valence-electron chi connectivity index (χ0n) is 20.0. The van der Waals surface area contributed by atoms with Crippen LogP contribution in [0.2, 0.25) is 0 Å². The number of nitrogens with zero attached hydrogens (tertiary/aromatic N) is 4. The minimum Gasteiger partial charge on any atom is -0.372 e. The Morgan fingerprint density at radius 3 is 2.89 bits per heavy atom. The molecule has 1 aliphatic heterocycles. The van der Waals surface area contributed by atoms with Crippen LogP contribution in [0, 0.1) is 5.92 Å². The molecule has 35 heavy (non-hydrogen) atoms. The summed E-state index contributed by atoms with van der Waals surface area (Å²) in [5.74, 6) is 1.10. The first-order valence-corrected chi connectivity index (χ1v) is 14.0. The van der Waals surface area contributed by atoms with Gasteiger partial charge in [-0.25, -0.2) is 9.97 Å². The molecule has 3 atom stereocenters. The van der Waals surface area contributed by atoms with Crippen molar-refractivity contribution in [3.63, 3.8) is 0 Å². The third-order valence-corrected chi connectivity index (χ3v) is 8.88. The monoisotopic (exact) mass is 508 g/mol. The largest absolute Gasteiger partial charge is 0.372 e. The van der Waals surface area contributed by atoms with E-state index in [0.29, 0.717) is 13.1 Å². The number of aromatic amines is 1. The average molecular weight is 509 g/mol. The molecule has 4 aromatic rings. The molecule has 1 aliphatic carbocycles. The van der Waals surface area contributed by atoms with Crippen LogP contribution in [-0.4, -0.2) is 62.5 Å². The predicted octanol–water partition coefficient (Wildman–Crippen LogP) is 4.77. The molecule has 0 spiro atoms. The van der Waals surface area contributed by atoms with Crippen LogP contribution in [0.4, 0.5) is 11.5 Å². The maximum atomic E-state index is 13.4. The topological polar surface area (TPSA) is 96.0 Å². The van der Waals surface area contributed by atoms with Crippen molar-refractivity contribution in [3.05, 3.63) is 35.1 Å². The summed E-state index contributed by atoms with van der Waals surface area (Å²) in [7, 11) is 0. The zero-order valence-corrected chi connectivity index (χ0v) is 21.6. The van der Waals surface area contributed by atoms with Crippen LogP contribution in [-0.2, 0) is 22.4 Å². The van der Waals surface area contributed by atoms with Crippen molar-refractivity contribution in [1.29, 1.82) is 0 Å². The molecule has 0 radical (unpaired) electrons. The first kappa shape index (κ1) is 22.8. The highest BCUT2D eigenvalue weighted by Gasteiger charge is 2.34. The van der Waals surface area contributed by atoms with Crippen LogP contribution in [0.5, 0.6) is 0 Å². The number of hydrogen-bond acceptors (Lipinski definition) is 8. The Kier molecular flexibility index (Phi) is 5.90. The molecule has 2 aliphatic rings. The number of H-pyrrole nitrogens is 1. The highest BCUT2D eigenvalue weighted by atomic mass is 32.2. The molecule has 1 saturated heterocycles.